The predicted octanol–water partition coefficient (Wildman–Crippen LogP) is 0.464. The van der Waals surface area contributed by atoms with Gasteiger partial charge in [-0.2, -0.15) is 0 Å². The van der Waals surface area contributed by atoms with Gasteiger partial charge in [0.2, 0.25) is 0 Å². The summed E-state index contributed by atoms with van der Waals surface area (Å²) in [5.74, 6) is 0. The highest BCUT2D eigenvalue weighted by Crippen LogP contribution is 1.99. The van der Waals surface area contributed by atoms with Crippen LogP contribution in [0.15, 0.2) is 0 Å². The van der Waals surface area contributed by atoms with Gasteiger partial charge in [-0.1, -0.05) is 0 Å². The molecule has 130 valence electrons. The molecule has 0 unspecified atom stereocenters. The minimum Gasteiger partial charge on any atom is -0.379 e. The molecular formula is C16H32N2O4. The second-order valence-electron chi connectivity index (χ2n) is 5.84. The maximum Gasteiger partial charge on any atom is 0.0700 e. The molecule has 22 heavy (non-hydrogen) atoms. The van der Waals surface area contributed by atoms with Gasteiger partial charge in [-0.15, -0.1) is 0 Å². The Balaban J connectivity index is 1.84. The highest BCUT2D eigenvalue weighted by atomic mass is 16.5. The van der Waals surface area contributed by atoms with E-state index in [1.165, 1.54) is 0 Å². The Morgan fingerprint density at radius 3 is 1.14 bits per heavy atom. The van der Waals surface area contributed by atoms with Gasteiger partial charge in [-0.3, -0.25) is 9.80 Å². The van der Waals surface area contributed by atoms with Crippen LogP contribution in [-0.4, -0.2) is 102 Å². The van der Waals surface area contributed by atoms with E-state index in [2.05, 4.69) is 9.80 Å². The number of ether oxygens (including phenoxy) is 4. The van der Waals surface area contributed by atoms with Crippen LogP contribution < -0.4 is 0 Å². The zero-order valence-electron chi connectivity index (χ0n) is 13.8. The molecule has 6 nitrogen and oxygen atoms in total. The van der Waals surface area contributed by atoms with Gasteiger partial charge >= 0.3 is 0 Å². The monoisotopic (exact) mass is 316 g/mol. The Labute approximate surface area is 134 Å². The molecule has 0 N–H and O–H groups in total. The maximum atomic E-state index is 5.81. The smallest absolute Gasteiger partial charge is 0.0700 e. The van der Waals surface area contributed by atoms with Gasteiger partial charge in [0.15, 0.2) is 0 Å². The molecule has 3 aliphatic heterocycles. The molecule has 3 saturated heterocycles. The van der Waals surface area contributed by atoms with Crippen LogP contribution in [0.2, 0.25) is 0 Å². The SMILES string of the molecule is C1COCCOCCCN2CCOCCN(C1)CCOCC2. The van der Waals surface area contributed by atoms with E-state index >= 15 is 0 Å². The maximum absolute atomic E-state index is 5.81. The fourth-order valence-corrected chi connectivity index (χ4v) is 2.75. The largest absolute Gasteiger partial charge is 0.379 e. The lowest BCUT2D eigenvalue weighted by atomic mass is 10.3. The van der Waals surface area contributed by atoms with E-state index in [0.29, 0.717) is 13.2 Å². The fraction of sp³-hybridized carbons (Fsp3) is 1.00. The van der Waals surface area contributed by atoms with Crippen molar-refractivity contribution in [2.45, 2.75) is 12.8 Å². The summed E-state index contributed by atoms with van der Waals surface area (Å²) in [6.45, 7) is 12.2. The molecule has 6 heteroatoms. The zero-order chi connectivity index (χ0) is 15.3. The van der Waals surface area contributed by atoms with Crippen LogP contribution in [-0.2, 0) is 18.9 Å². The first-order chi connectivity index (χ1) is 10.9. The summed E-state index contributed by atoms with van der Waals surface area (Å²) in [7, 11) is 0. The second-order valence-corrected chi connectivity index (χ2v) is 5.84. The van der Waals surface area contributed by atoms with Gasteiger partial charge in [0.1, 0.15) is 0 Å². The molecule has 0 aliphatic carbocycles. The molecule has 0 spiro atoms. The van der Waals surface area contributed by atoms with E-state index in [4.69, 9.17) is 18.9 Å². The molecule has 0 radical (unpaired) electrons. The lowest BCUT2D eigenvalue weighted by molar-refractivity contribution is 0.0353. The molecule has 3 heterocycles. The Morgan fingerprint density at radius 1 is 0.364 bits per heavy atom. The summed E-state index contributed by atoms with van der Waals surface area (Å²) in [4.78, 5) is 4.83. The zero-order valence-corrected chi connectivity index (χ0v) is 13.8. The molecule has 0 amide bonds. The molecule has 3 fully saturated rings. The van der Waals surface area contributed by atoms with Gasteiger partial charge < -0.3 is 18.9 Å². The number of nitrogens with zero attached hydrogens (tertiary/aromatic N) is 2. The van der Waals surface area contributed by atoms with E-state index in [-0.39, 0.29) is 0 Å². The average molecular weight is 316 g/mol. The van der Waals surface area contributed by atoms with Crippen LogP contribution in [0.5, 0.6) is 0 Å². The van der Waals surface area contributed by atoms with Crippen molar-refractivity contribution in [2.75, 3.05) is 92.1 Å². The Bertz CT molecular complexity index is 225. The van der Waals surface area contributed by atoms with Gasteiger partial charge in [0.05, 0.1) is 39.6 Å². The minimum absolute atomic E-state index is 0.704. The summed E-state index contributed by atoms with van der Waals surface area (Å²) in [6.07, 6.45) is 2.10. The van der Waals surface area contributed by atoms with Crippen LogP contribution >= 0.6 is 0 Å². The summed E-state index contributed by atoms with van der Waals surface area (Å²) >= 11 is 0. The van der Waals surface area contributed by atoms with Crippen molar-refractivity contribution >= 4 is 0 Å². The van der Waals surface area contributed by atoms with Gasteiger partial charge in [0, 0.05) is 52.5 Å². The van der Waals surface area contributed by atoms with Gasteiger partial charge in [0.25, 0.3) is 0 Å². The van der Waals surface area contributed by atoms with Crippen molar-refractivity contribution < 1.29 is 18.9 Å². The summed E-state index contributed by atoms with van der Waals surface area (Å²) < 4.78 is 22.9. The summed E-state index contributed by atoms with van der Waals surface area (Å²) in [5, 5.41) is 0. The van der Waals surface area contributed by atoms with Gasteiger partial charge in [-0.25, -0.2) is 0 Å². The van der Waals surface area contributed by atoms with Crippen LogP contribution in [0, 0.1) is 0 Å². The fourth-order valence-electron chi connectivity index (χ4n) is 2.75. The third-order valence-electron chi connectivity index (χ3n) is 4.11. The van der Waals surface area contributed by atoms with Crippen molar-refractivity contribution in [3.8, 4) is 0 Å². The first-order valence-electron chi connectivity index (χ1n) is 8.71. The first-order valence-corrected chi connectivity index (χ1v) is 8.71. The molecular weight excluding hydrogens is 284 g/mol. The topological polar surface area (TPSA) is 43.4 Å². The lowest BCUT2D eigenvalue weighted by Gasteiger charge is -2.26. The highest BCUT2D eigenvalue weighted by Gasteiger charge is 2.09. The predicted molar refractivity (Wildman–Crippen MR) is 85.4 cm³/mol. The Morgan fingerprint density at radius 2 is 0.727 bits per heavy atom. The Hall–Kier alpha value is -0.240. The number of hydrogen-bond acceptors (Lipinski definition) is 6. The normalized spacial score (nSPS) is 31.6. The van der Waals surface area contributed by atoms with Crippen LogP contribution in [0.3, 0.4) is 0 Å². The van der Waals surface area contributed by atoms with Crippen molar-refractivity contribution in [3.05, 3.63) is 0 Å². The number of hydrogen-bond donors (Lipinski definition) is 0. The number of rotatable bonds is 0. The molecule has 3 rings (SSSR count). The third kappa shape index (κ3) is 8.41. The molecule has 3 aliphatic rings. The Kier molecular flexibility index (Phi) is 10.1. The van der Waals surface area contributed by atoms with E-state index < -0.39 is 0 Å². The molecule has 0 aromatic rings. The third-order valence-corrected chi connectivity index (χ3v) is 4.11. The quantitative estimate of drug-likeness (QED) is 0.647. The number of fused-ring (bicyclic) bond motifs is 17. The van der Waals surface area contributed by atoms with Gasteiger partial charge in [-0.05, 0) is 12.8 Å². The van der Waals surface area contributed by atoms with Crippen molar-refractivity contribution in [1.82, 2.24) is 9.80 Å². The van der Waals surface area contributed by atoms with Crippen molar-refractivity contribution in [1.29, 1.82) is 0 Å². The molecule has 0 atom stereocenters. The van der Waals surface area contributed by atoms with Crippen molar-refractivity contribution in [2.24, 2.45) is 0 Å². The lowest BCUT2D eigenvalue weighted by Crippen LogP contribution is -2.37. The molecule has 0 aromatic carbocycles. The van der Waals surface area contributed by atoms with Crippen molar-refractivity contribution in [3.63, 3.8) is 0 Å². The van der Waals surface area contributed by atoms with Crippen LogP contribution in [0.1, 0.15) is 12.8 Å². The van der Waals surface area contributed by atoms with Crippen LogP contribution in [0.4, 0.5) is 0 Å². The van der Waals surface area contributed by atoms with E-state index in [9.17, 15) is 0 Å². The minimum atomic E-state index is 0.704. The summed E-state index contributed by atoms with van der Waals surface area (Å²) in [5.41, 5.74) is 0. The second kappa shape index (κ2) is 12.2. The van der Waals surface area contributed by atoms with E-state index in [0.717, 1.165) is 91.8 Å². The van der Waals surface area contributed by atoms with Crippen LogP contribution in [0.25, 0.3) is 0 Å². The molecule has 2 bridgehead atoms. The molecule has 0 saturated carbocycles. The van der Waals surface area contributed by atoms with E-state index in [1.807, 2.05) is 0 Å². The average Bonchev–Trinajstić information content (AvgIpc) is 2.52. The highest BCUT2D eigenvalue weighted by molar-refractivity contribution is 4.62. The van der Waals surface area contributed by atoms with E-state index in [1.54, 1.807) is 0 Å². The summed E-state index contributed by atoms with van der Waals surface area (Å²) in [6, 6.07) is 0. The first kappa shape index (κ1) is 18.1. The standard InChI is InChI=1S/C16H32N2O4/c1-3-17-5-11-21-13-7-18(8-14-22-12-6-17)4-2-10-20-16-15-19-9-1/h1-16H2. The molecule has 0 aromatic heterocycles.